The van der Waals surface area contributed by atoms with Crippen molar-refractivity contribution in [2.75, 3.05) is 36.4 Å². The number of piperazine rings is 1. The van der Waals surface area contributed by atoms with Crippen LogP contribution < -0.4 is 10.2 Å². The van der Waals surface area contributed by atoms with Crippen molar-refractivity contribution in [1.82, 2.24) is 4.90 Å². The zero-order valence-electron chi connectivity index (χ0n) is 15.0. The van der Waals surface area contributed by atoms with Gasteiger partial charge in [0, 0.05) is 47.6 Å². The molecule has 1 aliphatic heterocycles. The fourth-order valence-corrected chi connectivity index (χ4v) is 3.53. The van der Waals surface area contributed by atoms with E-state index in [1.165, 1.54) is 0 Å². The van der Waals surface area contributed by atoms with Crippen LogP contribution in [-0.2, 0) is 4.79 Å². The lowest BCUT2D eigenvalue weighted by atomic mass is 10.1. The molecule has 1 amide bonds. The molecule has 1 heterocycles. The second kappa shape index (κ2) is 8.30. The average molecular weight is 392 g/mol. The Morgan fingerprint density at radius 2 is 1.73 bits per heavy atom. The van der Waals surface area contributed by atoms with Crippen molar-refractivity contribution in [1.29, 1.82) is 0 Å². The summed E-state index contributed by atoms with van der Waals surface area (Å²) in [4.78, 5) is 17.1. The van der Waals surface area contributed by atoms with Crippen LogP contribution in [0.4, 0.5) is 11.4 Å². The number of anilines is 2. The summed E-state index contributed by atoms with van der Waals surface area (Å²) in [6.45, 7) is 7.30. The van der Waals surface area contributed by atoms with E-state index < -0.39 is 0 Å². The van der Waals surface area contributed by atoms with Crippen molar-refractivity contribution in [2.24, 2.45) is 0 Å². The van der Waals surface area contributed by atoms with Gasteiger partial charge in [-0.3, -0.25) is 9.69 Å². The predicted molar refractivity (Wildman–Crippen MR) is 110 cm³/mol. The lowest BCUT2D eigenvalue weighted by molar-refractivity contribution is -0.120. The highest BCUT2D eigenvalue weighted by molar-refractivity contribution is 6.31. The van der Waals surface area contributed by atoms with Crippen LogP contribution >= 0.6 is 23.2 Å². The highest BCUT2D eigenvalue weighted by atomic mass is 35.5. The van der Waals surface area contributed by atoms with Gasteiger partial charge >= 0.3 is 0 Å². The van der Waals surface area contributed by atoms with Gasteiger partial charge in [0.2, 0.25) is 5.91 Å². The van der Waals surface area contributed by atoms with Crippen LogP contribution in [0.2, 0.25) is 10.0 Å². The molecule has 1 saturated heterocycles. The molecule has 0 unspecified atom stereocenters. The third-order valence-electron chi connectivity index (χ3n) is 4.87. The topological polar surface area (TPSA) is 35.6 Å². The van der Waals surface area contributed by atoms with Gasteiger partial charge in [0.25, 0.3) is 0 Å². The minimum atomic E-state index is -0.199. The summed E-state index contributed by atoms with van der Waals surface area (Å²) < 4.78 is 0. The molecule has 1 atom stereocenters. The maximum Gasteiger partial charge on any atom is 0.241 e. The number of amides is 1. The second-order valence-electron chi connectivity index (χ2n) is 6.63. The second-order valence-corrected chi connectivity index (χ2v) is 7.50. The van der Waals surface area contributed by atoms with Gasteiger partial charge in [-0.2, -0.15) is 0 Å². The number of halogens is 2. The molecule has 138 valence electrons. The minimum absolute atomic E-state index is 0.00780. The number of carbonyl (C=O) groups excluding carboxylic acids is 1. The molecule has 0 aromatic heterocycles. The normalized spacial score (nSPS) is 16.4. The summed E-state index contributed by atoms with van der Waals surface area (Å²) in [5.41, 5.74) is 2.90. The molecule has 0 bridgehead atoms. The van der Waals surface area contributed by atoms with Gasteiger partial charge in [-0.15, -0.1) is 0 Å². The lowest BCUT2D eigenvalue weighted by Crippen LogP contribution is -2.52. The molecule has 0 saturated carbocycles. The SMILES string of the molecule is Cc1ccc(Cl)cc1NC(=O)[C@H](C)N1CCN(c2cccc(Cl)c2)CC1. The molecule has 1 N–H and O–H groups in total. The Morgan fingerprint density at radius 1 is 1.04 bits per heavy atom. The van der Waals surface area contributed by atoms with E-state index in [1.54, 1.807) is 6.07 Å². The molecule has 1 fully saturated rings. The van der Waals surface area contributed by atoms with E-state index >= 15 is 0 Å². The van der Waals surface area contributed by atoms with Gasteiger partial charge < -0.3 is 10.2 Å². The highest BCUT2D eigenvalue weighted by Crippen LogP contribution is 2.23. The first-order valence-electron chi connectivity index (χ1n) is 8.75. The molecule has 3 rings (SSSR count). The quantitative estimate of drug-likeness (QED) is 0.835. The van der Waals surface area contributed by atoms with Crippen LogP contribution in [-0.4, -0.2) is 43.0 Å². The van der Waals surface area contributed by atoms with Gasteiger partial charge in [-0.25, -0.2) is 0 Å². The number of carbonyl (C=O) groups is 1. The molecule has 4 nitrogen and oxygen atoms in total. The zero-order chi connectivity index (χ0) is 18.7. The van der Waals surface area contributed by atoms with Crippen molar-refractivity contribution in [3.63, 3.8) is 0 Å². The molecule has 1 aliphatic rings. The van der Waals surface area contributed by atoms with Crippen LogP contribution in [0.3, 0.4) is 0 Å². The van der Waals surface area contributed by atoms with Gasteiger partial charge in [0.15, 0.2) is 0 Å². The lowest BCUT2D eigenvalue weighted by Gasteiger charge is -2.38. The number of hydrogen-bond acceptors (Lipinski definition) is 3. The van der Waals surface area contributed by atoms with E-state index in [0.29, 0.717) is 5.02 Å². The van der Waals surface area contributed by atoms with Crippen LogP contribution in [0.25, 0.3) is 0 Å². The standard InChI is InChI=1S/C20H23Cl2N3O/c1-14-6-7-17(22)13-19(14)23-20(26)15(2)24-8-10-25(11-9-24)18-5-3-4-16(21)12-18/h3-7,12-13,15H,8-11H2,1-2H3,(H,23,26)/t15-/m0/s1. The van der Waals surface area contributed by atoms with Gasteiger partial charge in [0.1, 0.15) is 0 Å². The third-order valence-corrected chi connectivity index (χ3v) is 5.34. The van der Waals surface area contributed by atoms with Crippen molar-refractivity contribution < 1.29 is 4.79 Å². The average Bonchev–Trinajstić information content (AvgIpc) is 2.64. The van der Waals surface area contributed by atoms with E-state index in [0.717, 1.165) is 48.1 Å². The smallest absolute Gasteiger partial charge is 0.241 e. The predicted octanol–water partition coefficient (Wildman–Crippen LogP) is 4.45. The summed E-state index contributed by atoms with van der Waals surface area (Å²) >= 11 is 12.1. The Labute approximate surface area is 164 Å². The van der Waals surface area contributed by atoms with Crippen molar-refractivity contribution in [3.8, 4) is 0 Å². The Kier molecular flexibility index (Phi) is 6.07. The molecular weight excluding hydrogens is 369 g/mol. The van der Waals surface area contributed by atoms with Crippen LogP contribution in [0, 0.1) is 6.92 Å². The summed E-state index contributed by atoms with van der Waals surface area (Å²) in [6.07, 6.45) is 0. The maximum absolute atomic E-state index is 12.6. The van der Waals surface area contributed by atoms with E-state index in [1.807, 2.05) is 44.2 Å². The van der Waals surface area contributed by atoms with Crippen LogP contribution in [0.15, 0.2) is 42.5 Å². The Morgan fingerprint density at radius 3 is 2.42 bits per heavy atom. The van der Waals surface area contributed by atoms with Gasteiger partial charge in [0.05, 0.1) is 6.04 Å². The number of benzene rings is 2. The van der Waals surface area contributed by atoms with Crippen LogP contribution in [0.5, 0.6) is 0 Å². The number of aryl methyl sites for hydroxylation is 1. The first-order valence-corrected chi connectivity index (χ1v) is 9.51. The Hall–Kier alpha value is -1.75. The van der Waals surface area contributed by atoms with E-state index in [-0.39, 0.29) is 11.9 Å². The van der Waals surface area contributed by atoms with E-state index in [4.69, 9.17) is 23.2 Å². The first-order chi connectivity index (χ1) is 12.4. The molecule has 2 aromatic rings. The molecule has 0 aliphatic carbocycles. The number of nitrogens with zero attached hydrogens (tertiary/aromatic N) is 2. The number of rotatable bonds is 4. The van der Waals surface area contributed by atoms with E-state index in [2.05, 4.69) is 21.2 Å². The summed E-state index contributed by atoms with van der Waals surface area (Å²) in [5.74, 6) is -0.00780. The van der Waals surface area contributed by atoms with Crippen LogP contribution in [0.1, 0.15) is 12.5 Å². The van der Waals surface area contributed by atoms with E-state index in [9.17, 15) is 4.79 Å². The molecule has 0 spiro atoms. The van der Waals surface area contributed by atoms with Crippen molar-refractivity contribution in [2.45, 2.75) is 19.9 Å². The van der Waals surface area contributed by atoms with Crippen molar-refractivity contribution in [3.05, 3.63) is 58.1 Å². The monoisotopic (exact) mass is 391 g/mol. The fraction of sp³-hybridized carbons (Fsp3) is 0.350. The Bertz CT molecular complexity index is 788. The molecular formula is C20H23Cl2N3O. The molecule has 0 radical (unpaired) electrons. The number of hydrogen-bond donors (Lipinski definition) is 1. The van der Waals surface area contributed by atoms with Crippen molar-refractivity contribution >= 4 is 40.5 Å². The summed E-state index contributed by atoms with van der Waals surface area (Å²) in [6, 6.07) is 13.2. The molecule has 26 heavy (non-hydrogen) atoms. The van der Waals surface area contributed by atoms with Gasteiger partial charge in [-0.05, 0) is 49.7 Å². The summed E-state index contributed by atoms with van der Waals surface area (Å²) in [5, 5.41) is 4.37. The Balaban J connectivity index is 1.58. The number of nitrogens with one attached hydrogen (secondary N) is 1. The zero-order valence-corrected chi connectivity index (χ0v) is 16.5. The largest absolute Gasteiger partial charge is 0.369 e. The molecule has 6 heteroatoms. The van der Waals surface area contributed by atoms with Gasteiger partial charge in [-0.1, -0.05) is 35.3 Å². The summed E-state index contributed by atoms with van der Waals surface area (Å²) in [7, 11) is 0. The first kappa shape index (κ1) is 19.0. The third kappa shape index (κ3) is 4.50. The highest BCUT2D eigenvalue weighted by Gasteiger charge is 2.26. The molecule has 2 aromatic carbocycles. The fourth-order valence-electron chi connectivity index (χ4n) is 3.17. The minimum Gasteiger partial charge on any atom is -0.369 e. The maximum atomic E-state index is 12.6.